The first-order valence-electron chi connectivity index (χ1n) is 8.95. The van der Waals surface area contributed by atoms with E-state index >= 15 is 0 Å². The molecule has 1 N–H and O–H groups in total. The number of carbonyl (C=O) groups is 2. The second kappa shape index (κ2) is 8.34. The maximum Gasteiger partial charge on any atom is 0.225 e. The molecule has 0 bridgehead atoms. The zero-order valence-electron chi connectivity index (χ0n) is 14.7. The predicted molar refractivity (Wildman–Crippen MR) is 93.1 cm³/mol. The molecule has 0 aliphatic carbocycles. The van der Waals surface area contributed by atoms with Crippen LogP contribution in [0.2, 0.25) is 0 Å². The highest BCUT2D eigenvalue weighted by Gasteiger charge is 2.34. The minimum Gasteiger partial charge on any atom is -0.497 e. The number of carbonyl (C=O) groups excluding carboxylic acids is 2. The van der Waals surface area contributed by atoms with Crippen LogP contribution in [0.5, 0.6) is 5.75 Å². The number of methoxy groups -OCH3 is 1. The van der Waals surface area contributed by atoms with E-state index in [4.69, 9.17) is 9.47 Å². The molecule has 1 aromatic carbocycles. The largest absolute Gasteiger partial charge is 0.497 e. The van der Waals surface area contributed by atoms with Crippen LogP contribution in [0.4, 0.5) is 0 Å². The summed E-state index contributed by atoms with van der Waals surface area (Å²) in [5, 5.41) is 2.96. The summed E-state index contributed by atoms with van der Waals surface area (Å²) in [4.78, 5) is 26.3. The van der Waals surface area contributed by atoms with Crippen molar-refractivity contribution in [2.24, 2.45) is 5.92 Å². The van der Waals surface area contributed by atoms with Crippen molar-refractivity contribution in [3.05, 3.63) is 29.8 Å². The molecule has 2 amide bonds. The van der Waals surface area contributed by atoms with Gasteiger partial charge in [-0.05, 0) is 37.0 Å². The van der Waals surface area contributed by atoms with Gasteiger partial charge in [-0.25, -0.2) is 0 Å². The Morgan fingerprint density at radius 1 is 1.36 bits per heavy atom. The van der Waals surface area contributed by atoms with Crippen molar-refractivity contribution in [1.29, 1.82) is 0 Å². The molecule has 2 aliphatic rings. The number of nitrogens with one attached hydrogen (secondary N) is 1. The highest BCUT2D eigenvalue weighted by atomic mass is 16.5. The van der Waals surface area contributed by atoms with Gasteiger partial charge in [0, 0.05) is 32.7 Å². The molecule has 0 aromatic heterocycles. The van der Waals surface area contributed by atoms with Crippen molar-refractivity contribution < 1.29 is 19.1 Å². The molecule has 0 spiro atoms. The van der Waals surface area contributed by atoms with Crippen LogP contribution in [0.15, 0.2) is 24.3 Å². The fourth-order valence-electron chi connectivity index (χ4n) is 3.42. The van der Waals surface area contributed by atoms with Crippen LogP contribution in [0.3, 0.4) is 0 Å². The lowest BCUT2D eigenvalue weighted by molar-refractivity contribution is -0.129. The summed E-state index contributed by atoms with van der Waals surface area (Å²) in [5.74, 6) is 0.550. The molecule has 2 fully saturated rings. The van der Waals surface area contributed by atoms with Crippen molar-refractivity contribution in [3.8, 4) is 5.75 Å². The predicted octanol–water partition coefficient (Wildman–Crippen LogP) is 1.73. The van der Waals surface area contributed by atoms with E-state index in [-0.39, 0.29) is 23.8 Å². The van der Waals surface area contributed by atoms with Gasteiger partial charge in [-0.3, -0.25) is 9.59 Å². The minimum absolute atomic E-state index is 0.0245. The van der Waals surface area contributed by atoms with Gasteiger partial charge in [-0.1, -0.05) is 12.1 Å². The molecular formula is C19H26N2O4. The Hall–Kier alpha value is -2.08. The average molecular weight is 346 g/mol. The van der Waals surface area contributed by atoms with E-state index in [9.17, 15) is 9.59 Å². The average Bonchev–Trinajstić information content (AvgIpc) is 3.26. The third kappa shape index (κ3) is 4.72. The molecule has 0 saturated carbocycles. The molecule has 3 rings (SSSR count). The van der Waals surface area contributed by atoms with Crippen molar-refractivity contribution in [3.63, 3.8) is 0 Å². The maximum absolute atomic E-state index is 12.3. The standard InChI is InChI=1S/C19H26N2O4/c1-24-16-6-4-14(5-7-16)12-21-13-15(11-18(21)22)19(23)20-9-8-17-3-2-10-25-17/h4-7,15,17H,2-3,8-13H2,1H3,(H,20,23)/t15-,17-/m1/s1. The third-order valence-corrected chi connectivity index (χ3v) is 4.91. The van der Waals surface area contributed by atoms with Gasteiger partial charge < -0.3 is 19.7 Å². The van der Waals surface area contributed by atoms with Crippen molar-refractivity contribution in [2.45, 2.75) is 38.3 Å². The van der Waals surface area contributed by atoms with Gasteiger partial charge in [0.05, 0.1) is 19.1 Å². The van der Waals surface area contributed by atoms with Gasteiger partial charge in [0.2, 0.25) is 11.8 Å². The van der Waals surface area contributed by atoms with Crippen LogP contribution in [0.1, 0.15) is 31.2 Å². The molecule has 0 radical (unpaired) electrons. The van der Waals surface area contributed by atoms with Crippen molar-refractivity contribution >= 4 is 11.8 Å². The van der Waals surface area contributed by atoms with E-state index in [1.54, 1.807) is 12.0 Å². The summed E-state index contributed by atoms with van der Waals surface area (Å²) in [6.45, 7) is 2.46. The molecule has 25 heavy (non-hydrogen) atoms. The molecule has 2 aliphatic heterocycles. The normalized spacial score (nSPS) is 23.1. The topological polar surface area (TPSA) is 67.9 Å². The first-order chi connectivity index (χ1) is 12.2. The molecule has 2 heterocycles. The number of ether oxygens (including phenoxy) is 2. The molecule has 2 atom stereocenters. The monoisotopic (exact) mass is 346 g/mol. The number of nitrogens with zero attached hydrogens (tertiary/aromatic N) is 1. The summed E-state index contributed by atoms with van der Waals surface area (Å²) in [6.07, 6.45) is 3.60. The Labute approximate surface area is 148 Å². The Kier molecular flexibility index (Phi) is 5.91. The summed E-state index contributed by atoms with van der Waals surface area (Å²) < 4.78 is 10.7. The first-order valence-corrected chi connectivity index (χ1v) is 8.95. The number of rotatable bonds is 7. The summed E-state index contributed by atoms with van der Waals surface area (Å²) in [6, 6.07) is 7.65. The number of likely N-dealkylation sites (tertiary alicyclic amines) is 1. The first kappa shape index (κ1) is 17.7. The quantitative estimate of drug-likeness (QED) is 0.816. The van der Waals surface area contributed by atoms with E-state index in [2.05, 4.69) is 5.32 Å². The second-order valence-corrected chi connectivity index (χ2v) is 6.74. The van der Waals surface area contributed by atoms with Crippen LogP contribution in [-0.2, 0) is 20.9 Å². The van der Waals surface area contributed by atoms with E-state index < -0.39 is 0 Å². The van der Waals surface area contributed by atoms with Crippen molar-refractivity contribution in [2.75, 3.05) is 26.8 Å². The number of hydrogen-bond acceptors (Lipinski definition) is 4. The Balaban J connectivity index is 1.44. The molecule has 1 aromatic rings. The van der Waals surface area contributed by atoms with E-state index in [0.29, 0.717) is 26.1 Å². The summed E-state index contributed by atoms with van der Waals surface area (Å²) >= 11 is 0. The van der Waals surface area contributed by atoms with Gasteiger partial charge in [-0.15, -0.1) is 0 Å². The lowest BCUT2D eigenvalue weighted by Crippen LogP contribution is -2.34. The third-order valence-electron chi connectivity index (χ3n) is 4.91. The van der Waals surface area contributed by atoms with Crippen LogP contribution in [-0.4, -0.2) is 49.6 Å². The highest BCUT2D eigenvalue weighted by Crippen LogP contribution is 2.22. The molecule has 136 valence electrons. The zero-order valence-corrected chi connectivity index (χ0v) is 14.7. The molecule has 6 nitrogen and oxygen atoms in total. The van der Waals surface area contributed by atoms with Gasteiger partial charge >= 0.3 is 0 Å². The second-order valence-electron chi connectivity index (χ2n) is 6.74. The lowest BCUT2D eigenvalue weighted by atomic mass is 10.1. The van der Waals surface area contributed by atoms with Gasteiger partial charge in [0.1, 0.15) is 5.75 Å². The SMILES string of the molecule is COc1ccc(CN2C[C@H](C(=O)NCC[C@H]3CCCO3)CC2=O)cc1. The van der Waals surface area contributed by atoms with E-state index in [0.717, 1.165) is 37.2 Å². The maximum atomic E-state index is 12.3. The lowest BCUT2D eigenvalue weighted by Gasteiger charge is -2.17. The van der Waals surface area contributed by atoms with Crippen LogP contribution in [0, 0.1) is 5.92 Å². The smallest absolute Gasteiger partial charge is 0.225 e. The molecule has 2 saturated heterocycles. The highest BCUT2D eigenvalue weighted by molar-refractivity contribution is 5.89. The van der Waals surface area contributed by atoms with Gasteiger partial charge in [0.15, 0.2) is 0 Å². The van der Waals surface area contributed by atoms with Crippen LogP contribution in [0.25, 0.3) is 0 Å². The van der Waals surface area contributed by atoms with Gasteiger partial charge in [0.25, 0.3) is 0 Å². The number of benzene rings is 1. The summed E-state index contributed by atoms with van der Waals surface area (Å²) in [7, 11) is 1.63. The zero-order chi connectivity index (χ0) is 17.6. The number of hydrogen-bond donors (Lipinski definition) is 1. The Morgan fingerprint density at radius 3 is 2.84 bits per heavy atom. The Morgan fingerprint density at radius 2 is 2.16 bits per heavy atom. The fourth-order valence-corrected chi connectivity index (χ4v) is 3.42. The van der Waals surface area contributed by atoms with Crippen LogP contribution >= 0.6 is 0 Å². The Bertz CT molecular complexity index is 596. The van der Waals surface area contributed by atoms with Gasteiger partial charge in [-0.2, -0.15) is 0 Å². The summed E-state index contributed by atoms with van der Waals surface area (Å²) in [5.41, 5.74) is 1.04. The minimum atomic E-state index is -0.254. The van der Waals surface area contributed by atoms with Crippen LogP contribution < -0.4 is 10.1 Å². The van der Waals surface area contributed by atoms with Crippen molar-refractivity contribution in [1.82, 2.24) is 10.2 Å². The number of amides is 2. The van der Waals surface area contributed by atoms with E-state index in [1.165, 1.54) is 0 Å². The fraction of sp³-hybridized carbons (Fsp3) is 0.579. The molecular weight excluding hydrogens is 320 g/mol. The molecule has 6 heteroatoms. The van der Waals surface area contributed by atoms with E-state index in [1.807, 2.05) is 24.3 Å². The molecule has 0 unspecified atom stereocenters.